The van der Waals surface area contributed by atoms with Gasteiger partial charge in [-0.05, 0) is 30.5 Å². The monoisotopic (exact) mass is 341 g/mol. The second-order valence-electron chi connectivity index (χ2n) is 5.69. The van der Waals surface area contributed by atoms with Gasteiger partial charge in [0.1, 0.15) is 0 Å². The van der Waals surface area contributed by atoms with Crippen LogP contribution >= 0.6 is 0 Å². The summed E-state index contributed by atoms with van der Waals surface area (Å²) in [6, 6.07) is 11.4. The number of nitro groups is 1. The fourth-order valence-corrected chi connectivity index (χ4v) is 2.36. The number of nitrogens with zero attached hydrogens (tertiary/aromatic N) is 1. The summed E-state index contributed by atoms with van der Waals surface area (Å²) in [5.41, 5.74) is 3.25. The maximum atomic E-state index is 12.0. The average Bonchev–Trinajstić information content (AvgIpc) is 2.57. The highest BCUT2D eigenvalue weighted by Crippen LogP contribution is 2.19. The van der Waals surface area contributed by atoms with Gasteiger partial charge in [0.05, 0.1) is 17.9 Å². The highest BCUT2D eigenvalue weighted by atomic mass is 16.6. The number of non-ortho nitro benzene ring substituents is 1. The smallest absolute Gasteiger partial charge is 0.269 e. The van der Waals surface area contributed by atoms with Crippen molar-refractivity contribution in [3.8, 4) is 0 Å². The van der Waals surface area contributed by atoms with Crippen LogP contribution in [0.3, 0.4) is 0 Å². The zero-order valence-electron chi connectivity index (χ0n) is 14.0. The van der Waals surface area contributed by atoms with E-state index in [2.05, 4.69) is 10.6 Å². The van der Waals surface area contributed by atoms with Crippen LogP contribution in [0.1, 0.15) is 16.7 Å². The first-order valence-corrected chi connectivity index (χ1v) is 7.73. The molecule has 0 saturated carbocycles. The van der Waals surface area contributed by atoms with E-state index in [0.29, 0.717) is 5.56 Å². The molecule has 2 amide bonds. The summed E-state index contributed by atoms with van der Waals surface area (Å²) in [4.78, 5) is 34.0. The summed E-state index contributed by atoms with van der Waals surface area (Å²) in [5.74, 6) is -0.639. The molecule has 7 heteroatoms. The fraction of sp³-hybridized carbons (Fsp3) is 0.222. The molecule has 25 heavy (non-hydrogen) atoms. The molecule has 2 aromatic carbocycles. The number of carbonyl (C=O) groups is 2. The molecule has 0 aliphatic carbocycles. The molecule has 0 atom stereocenters. The normalized spacial score (nSPS) is 10.2. The summed E-state index contributed by atoms with van der Waals surface area (Å²) >= 11 is 0. The summed E-state index contributed by atoms with van der Waals surface area (Å²) in [6.45, 7) is 3.66. The number of hydrogen-bond donors (Lipinski definition) is 2. The zero-order valence-corrected chi connectivity index (χ0v) is 14.0. The average molecular weight is 341 g/mol. The SMILES string of the molecule is Cc1cccc(C)c1NC(=O)CNC(=O)Cc1ccc([N+](=O)[O-])cc1. The van der Waals surface area contributed by atoms with E-state index in [1.165, 1.54) is 24.3 Å². The van der Waals surface area contributed by atoms with Crippen molar-refractivity contribution in [1.82, 2.24) is 5.32 Å². The van der Waals surface area contributed by atoms with Crippen LogP contribution in [0.4, 0.5) is 11.4 Å². The Morgan fingerprint density at radius 3 is 2.16 bits per heavy atom. The van der Waals surface area contributed by atoms with Gasteiger partial charge in [0.2, 0.25) is 11.8 Å². The standard InChI is InChI=1S/C18H19N3O4/c1-12-4-3-5-13(2)18(12)20-17(23)11-19-16(22)10-14-6-8-15(9-7-14)21(24)25/h3-9H,10-11H2,1-2H3,(H,19,22)(H,20,23). The Hall–Kier alpha value is -3.22. The quantitative estimate of drug-likeness (QED) is 0.622. The Morgan fingerprint density at radius 1 is 1.00 bits per heavy atom. The molecule has 0 fully saturated rings. The first-order chi connectivity index (χ1) is 11.9. The molecule has 7 nitrogen and oxygen atoms in total. The molecule has 2 N–H and O–H groups in total. The molecular weight excluding hydrogens is 322 g/mol. The van der Waals surface area contributed by atoms with Gasteiger partial charge >= 0.3 is 0 Å². The number of nitro benzene ring substituents is 1. The Morgan fingerprint density at radius 2 is 1.60 bits per heavy atom. The molecule has 0 radical (unpaired) electrons. The maximum Gasteiger partial charge on any atom is 0.269 e. The van der Waals surface area contributed by atoms with E-state index in [1.807, 2.05) is 32.0 Å². The van der Waals surface area contributed by atoms with E-state index in [4.69, 9.17) is 0 Å². The van der Waals surface area contributed by atoms with Crippen LogP contribution in [0.5, 0.6) is 0 Å². The molecule has 0 heterocycles. The van der Waals surface area contributed by atoms with E-state index >= 15 is 0 Å². The molecule has 0 aliphatic heterocycles. The Labute approximate surface area is 145 Å². The number of anilines is 1. The van der Waals surface area contributed by atoms with Gasteiger partial charge in [-0.3, -0.25) is 19.7 Å². The van der Waals surface area contributed by atoms with Crippen LogP contribution < -0.4 is 10.6 Å². The van der Waals surface area contributed by atoms with Crippen molar-refractivity contribution < 1.29 is 14.5 Å². The topological polar surface area (TPSA) is 101 Å². The largest absolute Gasteiger partial charge is 0.347 e. The molecule has 2 rings (SSSR count). The molecule has 0 unspecified atom stereocenters. The van der Waals surface area contributed by atoms with E-state index in [0.717, 1.165) is 16.8 Å². The number of nitrogens with one attached hydrogen (secondary N) is 2. The minimum absolute atomic E-state index is 0.0304. The van der Waals surface area contributed by atoms with E-state index in [1.54, 1.807) is 0 Å². The third kappa shape index (κ3) is 5.13. The van der Waals surface area contributed by atoms with Crippen molar-refractivity contribution in [3.05, 3.63) is 69.3 Å². The van der Waals surface area contributed by atoms with Crippen LogP contribution in [0.15, 0.2) is 42.5 Å². The summed E-state index contributed by atoms with van der Waals surface area (Å²) in [6.07, 6.45) is 0.0503. The number of para-hydroxylation sites is 1. The Bertz CT molecular complexity index is 780. The fourth-order valence-electron chi connectivity index (χ4n) is 2.36. The van der Waals surface area contributed by atoms with Crippen molar-refractivity contribution in [3.63, 3.8) is 0 Å². The van der Waals surface area contributed by atoms with Crippen LogP contribution in [-0.2, 0) is 16.0 Å². The highest BCUT2D eigenvalue weighted by molar-refractivity contribution is 5.95. The number of carbonyl (C=O) groups excluding carboxylic acids is 2. The molecule has 0 bridgehead atoms. The van der Waals surface area contributed by atoms with Crippen molar-refractivity contribution in [2.75, 3.05) is 11.9 Å². The summed E-state index contributed by atoms with van der Waals surface area (Å²) in [7, 11) is 0. The van der Waals surface area contributed by atoms with Crippen LogP contribution in [0, 0.1) is 24.0 Å². The van der Waals surface area contributed by atoms with Gasteiger partial charge in [0, 0.05) is 17.8 Å². The highest BCUT2D eigenvalue weighted by Gasteiger charge is 2.10. The lowest BCUT2D eigenvalue weighted by molar-refractivity contribution is -0.384. The number of hydrogen-bond acceptors (Lipinski definition) is 4. The van der Waals surface area contributed by atoms with Crippen LogP contribution in [-0.4, -0.2) is 23.3 Å². The number of aryl methyl sites for hydroxylation is 2. The van der Waals surface area contributed by atoms with Gasteiger partial charge < -0.3 is 10.6 Å². The van der Waals surface area contributed by atoms with Gasteiger partial charge in [-0.1, -0.05) is 30.3 Å². The van der Waals surface area contributed by atoms with Crippen molar-refractivity contribution in [1.29, 1.82) is 0 Å². The van der Waals surface area contributed by atoms with Crippen LogP contribution in [0.2, 0.25) is 0 Å². The molecule has 0 aliphatic rings. The molecular formula is C18H19N3O4. The van der Waals surface area contributed by atoms with Crippen LogP contribution in [0.25, 0.3) is 0 Å². The number of amides is 2. The molecule has 0 saturated heterocycles. The molecule has 0 spiro atoms. The first kappa shape index (κ1) is 18.1. The first-order valence-electron chi connectivity index (χ1n) is 7.73. The number of rotatable bonds is 6. The predicted molar refractivity (Wildman–Crippen MR) is 94.4 cm³/mol. The summed E-state index contributed by atoms with van der Waals surface area (Å²) in [5, 5.41) is 15.9. The van der Waals surface area contributed by atoms with E-state index in [9.17, 15) is 19.7 Å². The lowest BCUT2D eigenvalue weighted by atomic mass is 10.1. The molecule has 2 aromatic rings. The van der Waals surface area contributed by atoms with Crippen molar-refractivity contribution in [2.24, 2.45) is 0 Å². The molecule has 0 aromatic heterocycles. The van der Waals surface area contributed by atoms with Gasteiger partial charge in [0.15, 0.2) is 0 Å². The lowest BCUT2D eigenvalue weighted by Crippen LogP contribution is -2.34. The van der Waals surface area contributed by atoms with E-state index in [-0.39, 0.29) is 30.5 Å². The third-order valence-corrected chi connectivity index (χ3v) is 3.70. The van der Waals surface area contributed by atoms with Gasteiger partial charge in [0.25, 0.3) is 5.69 Å². The Balaban J connectivity index is 1.85. The second kappa shape index (κ2) is 8.05. The predicted octanol–water partition coefficient (Wildman–Crippen LogP) is 2.51. The second-order valence-corrected chi connectivity index (χ2v) is 5.69. The third-order valence-electron chi connectivity index (χ3n) is 3.70. The molecule has 130 valence electrons. The number of benzene rings is 2. The minimum atomic E-state index is -0.498. The summed E-state index contributed by atoms with van der Waals surface area (Å²) < 4.78 is 0. The minimum Gasteiger partial charge on any atom is -0.347 e. The van der Waals surface area contributed by atoms with Gasteiger partial charge in [-0.25, -0.2) is 0 Å². The van der Waals surface area contributed by atoms with Crippen molar-refractivity contribution >= 4 is 23.2 Å². The van der Waals surface area contributed by atoms with Crippen molar-refractivity contribution in [2.45, 2.75) is 20.3 Å². The van der Waals surface area contributed by atoms with E-state index < -0.39 is 4.92 Å². The zero-order chi connectivity index (χ0) is 18.4. The lowest BCUT2D eigenvalue weighted by Gasteiger charge is -2.12. The van der Waals surface area contributed by atoms with Gasteiger partial charge in [-0.2, -0.15) is 0 Å². The van der Waals surface area contributed by atoms with Gasteiger partial charge in [-0.15, -0.1) is 0 Å². The Kier molecular flexibility index (Phi) is 5.84. The maximum absolute atomic E-state index is 12.0.